The van der Waals surface area contributed by atoms with Crippen LogP contribution >= 0.6 is 27.7 Å². The number of hydrogen-bond acceptors (Lipinski definition) is 3. The van der Waals surface area contributed by atoms with E-state index in [1.807, 2.05) is 12.1 Å². The second kappa shape index (κ2) is 6.82. The highest BCUT2D eigenvalue weighted by Gasteiger charge is 2.09. The molecule has 0 aromatic heterocycles. The number of hydrogen-bond donors (Lipinski definition) is 0. The Morgan fingerprint density at radius 1 is 1.56 bits per heavy atom. The van der Waals surface area contributed by atoms with Crippen LogP contribution in [0.3, 0.4) is 0 Å². The molecule has 0 radical (unpaired) electrons. The van der Waals surface area contributed by atoms with E-state index >= 15 is 0 Å². The number of thiocyanates is 1. The molecule has 0 spiro atoms. The average molecular weight is 300 g/mol. The normalized spacial score (nSPS) is 11.9. The second-order valence-corrected chi connectivity index (χ2v) is 5.39. The van der Waals surface area contributed by atoms with Gasteiger partial charge < -0.3 is 4.74 Å². The van der Waals surface area contributed by atoms with Crippen molar-refractivity contribution < 1.29 is 4.74 Å². The fourth-order valence-corrected chi connectivity index (χ4v) is 2.41. The summed E-state index contributed by atoms with van der Waals surface area (Å²) in [6, 6.07) is 6.01. The lowest BCUT2D eigenvalue weighted by molar-refractivity contribution is 0.407. The third kappa shape index (κ3) is 4.07. The van der Waals surface area contributed by atoms with Crippen molar-refractivity contribution in [1.82, 2.24) is 0 Å². The molecule has 0 heterocycles. The van der Waals surface area contributed by atoms with Gasteiger partial charge in [-0.1, -0.05) is 22.9 Å². The van der Waals surface area contributed by atoms with E-state index in [0.717, 1.165) is 22.4 Å². The van der Waals surface area contributed by atoms with E-state index in [2.05, 4.69) is 34.3 Å². The summed E-state index contributed by atoms with van der Waals surface area (Å²) in [6.07, 6.45) is 0.928. The molecule has 86 valence electrons. The largest absolute Gasteiger partial charge is 0.496 e. The number of nitrogens with zero attached hydrogens (tertiary/aromatic N) is 1. The van der Waals surface area contributed by atoms with Crippen molar-refractivity contribution in [3.05, 3.63) is 28.2 Å². The Hall–Kier alpha value is -0.660. The lowest BCUT2D eigenvalue weighted by Gasteiger charge is -2.12. The van der Waals surface area contributed by atoms with Gasteiger partial charge in [-0.3, -0.25) is 0 Å². The van der Waals surface area contributed by atoms with Crippen molar-refractivity contribution in [3.63, 3.8) is 0 Å². The van der Waals surface area contributed by atoms with Gasteiger partial charge in [-0.15, -0.1) is 0 Å². The first-order valence-electron chi connectivity index (χ1n) is 5.00. The highest BCUT2D eigenvalue weighted by atomic mass is 79.9. The first-order chi connectivity index (χ1) is 7.67. The van der Waals surface area contributed by atoms with Gasteiger partial charge in [-0.2, -0.15) is 5.26 Å². The van der Waals surface area contributed by atoms with Crippen LogP contribution in [0, 0.1) is 16.6 Å². The molecule has 1 aromatic carbocycles. The Labute approximate surface area is 109 Å². The molecule has 1 unspecified atom stereocenters. The molecule has 0 saturated carbocycles. The van der Waals surface area contributed by atoms with Crippen LogP contribution < -0.4 is 4.74 Å². The number of nitriles is 1. The molecular weight excluding hydrogens is 286 g/mol. The molecule has 2 nitrogen and oxygen atoms in total. The fourth-order valence-electron chi connectivity index (χ4n) is 1.52. The van der Waals surface area contributed by atoms with Crippen LogP contribution in [0.1, 0.15) is 12.5 Å². The van der Waals surface area contributed by atoms with E-state index in [0.29, 0.717) is 5.92 Å². The summed E-state index contributed by atoms with van der Waals surface area (Å²) < 4.78 is 6.37. The molecule has 0 aliphatic rings. The topological polar surface area (TPSA) is 33.0 Å². The highest BCUT2D eigenvalue weighted by molar-refractivity contribution is 9.10. The van der Waals surface area contributed by atoms with Gasteiger partial charge in [0.05, 0.1) is 7.11 Å². The molecule has 4 heteroatoms. The third-order valence-corrected chi connectivity index (χ3v) is 3.60. The fraction of sp³-hybridized carbons (Fsp3) is 0.417. The van der Waals surface area contributed by atoms with Gasteiger partial charge in [-0.05, 0) is 47.9 Å². The molecule has 0 fully saturated rings. The summed E-state index contributed by atoms with van der Waals surface area (Å²) >= 11 is 4.76. The number of halogens is 1. The summed E-state index contributed by atoms with van der Waals surface area (Å²) in [7, 11) is 1.68. The quantitative estimate of drug-likeness (QED) is 0.774. The first-order valence-corrected chi connectivity index (χ1v) is 6.78. The van der Waals surface area contributed by atoms with Crippen LogP contribution in [0.2, 0.25) is 0 Å². The summed E-state index contributed by atoms with van der Waals surface area (Å²) in [6.45, 7) is 2.14. The van der Waals surface area contributed by atoms with Crippen molar-refractivity contribution in [1.29, 1.82) is 5.26 Å². The van der Waals surface area contributed by atoms with Gasteiger partial charge in [0, 0.05) is 10.2 Å². The van der Waals surface area contributed by atoms with Crippen LogP contribution in [0.5, 0.6) is 5.75 Å². The van der Waals surface area contributed by atoms with Crippen molar-refractivity contribution in [2.75, 3.05) is 12.9 Å². The summed E-state index contributed by atoms with van der Waals surface area (Å²) in [5.74, 6) is 2.23. The molecule has 0 aliphatic carbocycles. The molecule has 1 rings (SSSR count). The predicted octanol–water partition coefficient (Wildman–Crippen LogP) is 3.85. The lowest BCUT2D eigenvalue weighted by Crippen LogP contribution is -2.04. The number of methoxy groups -OCH3 is 1. The maximum absolute atomic E-state index is 8.51. The molecule has 0 aliphatic heterocycles. The molecule has 0 amide bonds. The van der Waals surface area contributed by atoms with Gasteiger partial charge >= 0.3 is 0 Å². The van der Waals surface area contributed by atoms with E-state index in [-0.39, 0.29) is 0 Å². The van der Waals surface area contributed by atoms with Gasteiger partial charge in [0.25, 0.3) is 0 Å². The monoisotopic (exact) mass is 299 g/mol. The van der Waals surface area contributed by atoms with E-state index < -0.39 is 0 Å². The standard InChI is InChI=1S/C12H14BrNOS/c1-9(7-16-8-14)5-10-6-11(13)3-4-12(10)15-2/h3-4,6,9H,5,7H2,1-2H3. The molecular formula is C12H14BrNOS. The summed E-state index contributed by atoms with van der Waals surface area (Å²) in [5, 5.41) is 10.6. The summed E-state index contributed by atoms with van der Waals surface area (Å²) in [5.41, 5.74) is 1.18. The molecule has 16 heavy (non-hydrogen) atoms. The van der Waals surface area contributed by atoms with E-state index in [9.17, 15) is 0 Å². The van der Waals surface area contributed by atoms with E-state index in [4.69, 9.17) is 10.00 Å². The minimum atomic E-state index is 0.466. The smallest absolute Gasteiger partial charge is 0.133 e. The van der Waals surface area contributed by atoms with Gasteiger partial charge in [0.15, 0.2) is 0 Å². The zero-order valence-corrected chi connectivity index (χ0v) is 11.8. The Morgan fingerprint density at radius 2 is 2.31 bits per heavy atom. The molecule has 1 atom stereocenters. The van der Waals surface area contributed by atoms with Crippen molar-refractivity contribution in [2.45, 2.75) is 13.3 Å². The van der Waals surface area contributed by atoms with Gasteiger partial charge in [-0.25, -0.2) is 0 Å². The van der Waals surface area contributed by atoms with Gasteiger partial charge in [0.2, 0.25) is 0 Å². The van der Waals surface area contributed by atoms with Crippen LogP contribution in [-0.4, -0.2) is 12.9 Å². The minimum Gasteiger partial charge on any atom is -0.496 e. The number of thioether (sulfide) groups is 1. The third-order valence-electron chi connectivity index (χ3n) is 2.24. The van der Waals surface area contributed by atoms with Crippen LogP contribution in [-0.2, 0) is 6.42 Å². The van der Waals surface area contributed by atoms with E-state index in [1.54, 1.807) is 7.11 Å². The van der Waals surface area contributed by atoms with Crippen molar-refractivity contribution in [3.8, 4) is 11.2 Å². The Balaban J connectivity index is 2.71. The first kappa shape index (κ1) is 13.4. The number of rotatable bonds is 5. The van der Waals surface area contributed by atoms with Gasteiger partial charge in [0.1, 0.15) is 11.2 Å². The highest BCUT2D eigenvalue weighted by Crippen LogP contribution is 2.26. The van der Waals surface area contributed by atoms with E-state index in [1.165, 1.54) is 17.3 Å². The zero-order valence-electron chi connectivity index (χ0n) is 9.37. The molecule has 0 N–H and O–H groups in total. The van der Waals surface area contributed by atoms with Crippen LogP contribution in [0.15, 0.2) is 22.7 Å². The molecule has 0 bridgehead atoms. The Kier molecular flexibility index (Phi) is 5.72. The SMILES string of the molecule is COc1ccc(Br)cc1CC(C)CSC#N. The average Bonchev–Trinajstić information content (AvgIpc) is 2.27. The number of benzene rings is 1. The minimum absolute atomic E-state index is 0.466. The van der Waals surface area contributed by atoms with Crippen molar-refractivity contribution >= 4 is 27.7 Å². The number of ether oxygens (including phenoxy) is 1. The lowest BCUT2D eigenvalue weighted by atomic mass is 10.0. The predicted molar refractivity (Wildman–Crippen MR) is 71.6 cm³/mol. The van der Waals surface area contributed by atoms with Crippen molar-refractivity contribution in [2.24, 2.45) is 5.92 Å². The maximum atomic E-state index is 8.51. The Morgan fingerprint density at radius 3 is 2.94 bits per heavy atom. The second-order valence-electron chi connectivity index (χ2n) is 3.67. The van der Waals surface area contributed by atoms with Crippen LogP contribution in [0.25, 0.3) is 0 Å². The van der Waals surface area contributed by atoms with Crippen LogP contribution in [0.4, 0.5) is 0 Å². The molecule has 0 saturated heterocycles. The zero-order chi connectivity index (χ0) is 12.0. The molecule has 1 aromatic rings. The maximum Gasteiger partial charge on any atom is 0.133 e. The summed E-state index contributed by atoms with van der Waals surface area (Å²) in [4.78, 5) is 0. The Bertz CT molecular complexity index is 389.